The average Bonchev–Trinajstić information content (AvgIpc) is 3.17. The van der Waals surface area contributed by atoms with Gasteiger partial charge in [-0.25, -0.2) is 4.79 Å². The number of carbonyl (C=O) groups is 1. The summed E-state index contributed by atoms with van der Waals surface area (Å²) in [6.07, 6.45) is 4.91. The Bertz CT molecular complexity index is 692. The Kier molecular flexibility index (Phi) is 5.48. The molecule has 2 heterocycles. The number of aromatic amines is 1. The number of rotatable bonds is 4. The number of hydrogen-bond donors (Lipinski definition) is 1. The van der Waals surface area contributed by atoms with Crippen LogP contribution in [0.3, 0.4) is 0 Å². The molecule has 124 valence electrons. The number of ether oxygens (including phenoxy) is 1. The number of nitrogens with one attached hydrogen (secondary N) is 1. The molecule has 0 bridgehead atoms. The predicted octanol–water partition coefficient (Wildman–Crippen LogP) is 1.02. The molecule has 0 fully saturated rings. The Balaban J connectivity index is 0.000000277. The maximum absolute atomic E-state index is 11.4. The Morgan fingerprint density at radius 3 is 2.22 bits per heavy atom. The number of nitrogens with zero attached hydrogens (tertiary/aromatic N) is 5. The third-order valence-corrected chi connectivity index (χ3v) is 2.76. The van der Waals surface area contributed by atoms with E-state index in [-0.39, 0.29) is 11.6 Å². The van der Waals surface area contributed by atoms with Crippen LogP contribution in [-0.4, -0.2) is 42.4 Å². The molecule has 0 saturated carbocycles. The second kappa shape index (κ2) is 7.11. The van der Waals surface area contributed by atoms with Gasteiger partial charge in [0.25, 0.3) is 0 Å². The molecule has 2 aromatic rings. The summed E-state index contributed by atoms with van der Waals surface area (Å²) in [4.78, 5) is 39.7. The molecule has 12 heteroatoms. The van der Waals surface area contributed by atoms with E-state index in [1.807, 2.05) is 0 Å². The number of hydrogen-bond acceptors (Lipinski definition) is 8. The van der Waals surface area contributed by atoms with E-state index in [0.29, 0.717) is 0 Å². The van der Waals surface area contributed by atoms with Gasteiger partial charge in [-0.3, -0.25) is 4.57 Å². The van der Waals surface area contributed by atoms with Gasteiger partial charge in [-0.15, -0.1) is 0 Å². The minimum atomic E-state index is -1.00. The van der Waals surface area contributed by atoms with Gasteiger partial charge in [-0.2, -0.15) is 0 Å². The third-order valence-electron chi connectivity index (χ3n) is 2.76. The summed E-state index contributed by atoms with van der Waals surface area (Å²) in [6.45, 7) is 3.18. The predicted molar refractivity (Wildman–Crippen MR) is 75.5 cm³/mol. The molecule has 0 aliphatic heterocycles. The average molecular weight is 326 g/mol. The van der Waals surface area contributed by atoms with Gasteiger partial charge in [0.05, 0.1) is 7.11 Å². The fraction of sp³-hybridized carbons (Fsp3) is 0.364. The molecule has 2 aromatic heterocycles. The van der Waals surface area contributed by atoms with E-state index in [1.165, 1.54) is 36.7 Å². The van der Waals surface area contributed by atoms with Crippen molar-refractivity contribution in [1.29, 1.82) is 0 Å². The molecule has 0 unspecified atom stereocenters. The van der Waals surface area contributed by atoms with Crippen molar-refractivity contribution in [3.8, 4) is 0 Å². The topological polar surface area (TPSA) is 159 Å². The summed E-state index contributed by atoms with van der Waals surface area (Å²) < 4.78 is 5.93. The van der Waals surface area contributed by atoms with E-state index in [2.05, 4.69) is 19.7 Å². The van der Waals surface area contributed by atoms with Crippen LogP contribution >= 0.6 is 0 Å². The molecule has 23 heavy (non-hydrogen) atoms. The number of nitro groups is 2. The number of imidazole rings is 2. The smallest absolute Gasteiger partial charge is 0.381 e. The Hall–Kier alpha value is -3.31. The van der Waals surface area contributed by atoms with Crippen molar-refractivity contribution in [2.75, 3.05) is 7.11 Å². The number of esters is 1. The van der Waals surface area contributed by atoms with Crippen LogP contribution in [0, 0.1) is 20.2 Å². The lowest BCUT2D eigenvalue weighted by Crippen LogP contribution is -2.35. The zero-order chi connectivity index (χ0) is 17.6. The molecule has 0 aliphatic carbocycles. The fourth-order valence-corrected chi connectivity index (χ4v) is 1.42. The van der Waals surface area contributed by atoms with Crippen LogP contribution in [0.1, 0.15) is 13.8 Å². The summed E-state index contributed by atoms with van der Waals surface area (Å²) in [7, 11) is 1.26. The number of aromatic nitrogens is 4. The first-order valence-corrected chi connectivity index (χ1v) is 6.10. The van der Waals surface area contributed by atoms with E-state index in [0.717, 1.165) is 0 Å². The zero-order valence-corrected chi connectivity index (χ0v) is 12.5. The lowest BCUT2D eigenvalue weighted by atomic mass is 10.1. The number of carbonyl (C=O) groups excluding carboxylic acids is 1. The van der Waals surface area contributed by atoms with Crippen molar-refractivity contribution in [3.05, 3.63) is 45.3 Å². The summed E-state index contributed by atoms with van der Waals surface area (Å²) in [5.41, 5.74) is -1.00. The van der Waals surface area contributed by atoms with Crippen molar-refractivity contribution in [3.63, 3.8) is 0 Å². The third kappa shape index (κ3) is 4.33. The van der Waals surface area contributed by atoms with Gasteiger partial charge in [0, 0.05) is 0 Å². The zero-order valence-electron chi connectivity index (χ0n) is 12.5. The first-order valence-electron chi connectivity index (χ1n) is 6.10. The molecule has 0 amide bonds. The Morgan fingerprint density at radius 1 is 1.26 bits per heavy atom. The van der Waals surface area contributed by atoms with Crippen molar-refractivity contribution in [1.82, 2.24) is 19.5 Å². The van der Waals surface area contributed by atoms with Gasteiger partial charge in [0.2, 0.25) is 12.7 Å². The number of H-pyrrole nitrogens is 1. The first-order chi connectivity index (χ1) is 10.7. The van der Waals surface area contributed by atoms with Crippen molar-refractivity contribution < 1.29 is 19.4 Å². The van der Waals surface area contributed by atoms with Crippen LogP contribution in [0.5, 0.6) is 0 Å². The van der Waals surface area contributed by atoms with Gasteiger partial charge in [0.1, 0.15) is 17.9 Å². The highest BCUT2D eigenvalue weighted by Crippen LogP contribution is 2.19. The van der Waals surface area contributed by atoms with Crippen molar-refractivity contribution in [2.24, 2.45) is 0 Å². The number of methoxy groups -OCH3 is 1. The SMILES string of the molecule is COC(=O)C(C)(C)n1cnc([N+](=O)[O-])c1.O=[N+]([O-])c1c[nH]cn1. The molecule has 0 aromatic carbocycles. The van der Waals surface area contributed by atoms with Gasteiger partial charge in [-0.05, 0) is 33.7 Å². The van der Waals surface area contributed by atoms with Crippen LogP contribution in [-0.2, 0) is 15.1 Å². The Labute approximate surface area is 129 Å². The van der Waals surface area contributed by atoms with E-state index in [9.17, 15) is 25.0 Å². The van der Waals surface area contributed by atoms with Crippen LogP contribution in [0.4, 0.5) is 11.6 Å². The van der Waals surface area contributed by atoms with Gasteiger partial charge in [-0.1, -0.05) is 0 Å². The normalized spacial score (nSPS) is 10.4. The highest BCUT2D eigenvalue weighted by Gasteiger charge is 2.32. The molecule has 12 nitrogen and oxygen atoms in total. The minimum absolute atomic E-state index is 0.148. The highest BCUT2D eigenvalue weighted by molar-refractivity contribution is 5.77. The highest BCUT2D eigenvalue weighted by atomic mass is 16.6. The van der Waals surface area contributed by atoms with E-state index >= 15 is 0 Å². The molecule has 0 saturated heterocycles. The molecule has 0 radical (unpaired) electrons. The lowest BCUT2D eigenvalue weighted by molar-refractivity contribution is -0.389. The maximum Gasteiger partial charge on any atom is 0.381 e. The van der Waals surface area contributed by atoms with Crippen LogP contribution in [0.15, 0.2) is 25.0 Å². The van der Waals surface area contributed by atoms with Gasteiger partial charge in [0.15, 0.2) is 0 Å². The largest absolute Gasteiger partial charge is 0.467 e. The van der Waals surface area contributed by atoms with E-state index in [4.69, 9.17) is 0 Å². The van der Waals surface area contributed by atoms with E-state index < -0.39 is 21.4 Å². The second-order valence-electron chi connectivity index (χ2n) is 4.63. The van der Waals surface area contributed by atoms with Crippen molar-refractivity contribution in [2.45, 2.75) is 19.4 Å². The first kappa shape index (κ1) is 17.7. The van der Waals surface area contributed by atoms with Gasteiger partial charge >= 0.3 is 17.6 Å². The molecule has 0 aliphatic rings. The van der Waals surface area contributed by atoms with Crippen molar-refractivity contribution >= 4 is 17.6 Å². The molecular formula is C11H14N6O6. The minimum Gasteiger partial charge on any atom is -0.467 e. The van der Waals surface area contributed by atoms with Crippen LogP contribution in [0.25, 0.3) is 0 Å². The molecular weight excluding hydrogens is 312 g/mol. The fourth-order valence-electron chi connectivity index (χ4n) is 1.42. The summed E-state index contributed by atoms with van der Waals surface area (Å²) in [5.74, 6) is -0.938. The maximum atomic E-state index is 11.4. The monoisotopic (exact) mass is 326 g/mol. The van der Waals surface area contributed by atoms with Gasteiger partial charge < -0.3 is 29.9 Å². The molecule has 1 N–H and O–H groups in total. The summed E-state index contributed by atoms with van der Waals surface area (Å²) in [5, 5.41) is 20.2. The quantitative estimate of drug-likeness (QED) is 0.495. The van der Waals surface area contributed by atoms with E-state index in [1.54, 1.807) is 13.8 Å². The van der Waals surface area contributed by atoms with Crippen LogP contribution in [0.2, 0.25) is 0 Å². The molecule has 0 spiro atoms. The second-order valence-corrected chi connectivity index (χ2v) is 4.63. The Morgan fingerprint density at radius 2 is 1.87 bits per heavy atom. The lowest BCUT2D eigenvalue weighted by Gasteiger charge is -2.21. The molecule has 0 atom stereocenters. The standard InChI is InChI=1S/C8H11N3O4.C3H3N3O2/c1-8(2,7(12)15-3)10-4-6(9-5-10)11(13)14;7-6(8)3-1-4-2-5-3/h4-5H,1-3H3;1-2H,(H,4,5). The summed E-state index contributed by atoms with van der Waals surface area (Å²) >= 11 is 0. The summed E-state index contributed by atoms with van der Waals surface area (Å²) in [6, 6.07) is 0. The van der Waals surface area contributed by atoms with Crippen LogP contribution < -0.4 is 0 Å². The molecule has 2 rings (SSSR count).